The van der Waals surface area contributed by atoms with Gasteiger partial charge in [-0.15, -0.1) is 10.2 Å². The van der Waals surface area contributed by atoms with E-state index in [-0.39, 0.29) is 23.5 Å². The highest BCUT2D eigenvalue weighted by atomic mass is 19.1. The molecule has 4 rings (SSSR count). The first kappa shape index (κ1) is 22.4. The zero-order valence-corrected chi connectivity index (χ0v) is 19.0. The summed E-state index contributed by atoms with van der Waals surface area (Å²) in [5.74, 6) is -0.361. The Morgan fingerprint density at radius 3 is 2.70 bits per heavy atom. The van der Waals surface area contributed by atoms with Gasteiger partial charge in [0.15, 0.2) is 5.82 Å². The maximum atomic E-state index is 14.8. The van der Waals surface area contributed by atoms with Gasteiger partial charge in [0.05, 0.1) is 5.56 Å². The van der Waals surface area contributed by atoms with E-state index >= 15 is 0 Å². The Hall–Kier alpha value is -3.82. The summed E-state index contributed by atoms with van der Waals surface area (Å²) in [4.78, 5) is 32.9. The van der Waals surface area contributed by atoms with Gasteiger partial charge in [-0.2, -0.15) is 0 Å². The van der Waals surface area contributed by atoms with Gasteiger partial charge < -0.3 is 19.7 Å². The van der Waals surface area contributed by atoms with Crippen LogP contribution in [-0.4, -0.2) is 62.1 Å². The van der Waals surface area contributed by atoms with E-state index in [1.165, 1.54) is 17.0 Å². The fourth-order valence-corrected chi connectivity index (χ4v) is 3.82. The number of aromatic nitrogens is 4. The highest BCUT2D eigenvalue weighted by molar-refractivity contribution is 6.04. The molecule has 1 aliphatic rings. The first-order valence-corrected chi connectivity index (χ1v) is 10.7. The summed E-state index contributed by atoms with van der Waals surface area (Å²) >= 11 is 0. The third-order valence-corrected chi connectivity index (χ3v) is 5.55. The van der Waals surface area contributed by atoms with Gasteiger partial charge in [0, 0.05) is 33.2 Å². The molecular formula is C23H26FN7O2. The molecule has 10 heteroatoms. The van der Waals surface area contributed by atoms with Crippen molar-refractivity contribution in [3.05, 3.63) is 59.2 Å². The van der Waals surface area contributed by atoms with E-state index in [9.17, 15) is 14.0 Å². The summed E-state index contributed by atoms with van der Waals surface area (Å²) in [6.45, 7) is 4.84. The van der Waals surface area contributed by atoms with Crippen LogP contribution in [0.25, 0.3) is 11.5 Å². The molecule has 1 aliphatic heterocycles. The molecule has 9 nitrogen and oxygen atoms in total. The number of amides is 3. The number of hydrogen-bond donors (Lipinski definition) is 1. The van der Waals surface area contributed by atoms with E-state index in [4.69, 9.17) is 0 Å². The smallest absolute Gasteiger partial charge is 0.319 e. The number of urea groups is 1. The van der Waals surface area contributed by atoms with E-state index < -0.39 is 11.7 Å². The van der Waals surface area contributed by atoms with Gasteiger partial charge in [-0.05, 0) is 55.7 Å². The average molecular weight is 452 g/mol. The highest BCUT2D eigenvalue weighted by Gasteiger charge is 2.25. The van der Waals surface area contributed by atoms with Crippen LogP contribution in [0.3, 0.4) is 0 Å². The number of carbonyl (C=O) groups excluding carboxylic acids is 2. The molecule has 0 unspecified atom stereocenters. The minimum atomic E-state index is -0.610. The standard InChI is InChI=1S/C23H26FN7O2/c1-14(2)31-13-25-28-21(31)19-6-5-7-20(26-19)27-22(32)17-10-16-12-30(23(33)29(3)4)9-8-15(16)11-18(17)24/h5-7,10-11,13-14H,8-9,12H2,1-4H3,(H,26,27,32). The van der Waals surface area contributed by atoms with Crippen LogP contribution in [0.4, 0.5) is 15.0 Å². The molecule has 1 N–H and O–H groups in total. The number of fused-ring (bicyclic) bond motifs is 1. The van der Waals surface area contributed by atoms with Crippen LogP contribution < -0.4 is 5.32 Å². The van der Waals surface area contributed by atoms with Crippen LogP contribution in [0, 0.1) is 5.82 Å². The predicted octanol–water partition coefficient (Wildman–Crippen LogP) is 3.35. The van der Waals surface area contributed by atoms with Gasteiger partial charge in [0.1, 0.15) is 23.7 Å². The number of anilines is 1. The summed E-state index contributed by atoms with van der Waals surface area (Å²) in [6.07, 6.45) is 2.16. The molecule has 3 amide bonds. The Labute approximate surface area is 191 Å². The Balaban J connectivity index is 1.57. The lowest BCUT2D eigenvalue weighted by molar-refractivity contribution is 0.102. The number of halogens is 1. The fourth-order valence-electron chi connectivity index (χ4n) is 3.82. The molecule has 3 aromatic rings. The van der Waals surface area contributed by atoms with Crippen molar-refractivity contribution in [2.24, 2.45) is 0 Å². The number of hydrogen-bond acceptors (Lipinski definition) is 5. The first-order valence-electron chi connectivity index (χ1n) is 10.7. The van der Waals surface area contributed by atoms with Gasteiger partial charge in [0.25, 0.3) is 5.91 Å². The van der Waals surface area contributed by atoms with Crippen molar-refractivity contribution in [2.75, 3.05) is 26.0 Å². The van der Waals surface area contributed by atoms with E-state index in [0.29, 0.717) is 31.0 Å². The Morgan fingerprint density at radius 1 is 1.18 bits per heavy atom. The van der Waals surface area contributed by atoms with Gasteiger partial charge in [-0.1, -0.05) is 6.07 Å². The van der Waals surface area contributed by atoms with Gasteiger partial charge in [-0.25, -0.2) is 14.2 Å². The van der Waals surface area contributed by atoms with Crippen molar-refractivity contribution in [1.82, 2.24) is 29.5 Å². The number of pyridine rings is 1. The third-order valence-electron chi connectivity index (χ3n) is 5.55. The molecule has 0 saturated carbocycles. The van der Waals surface area contributed by atoms with Crippen molar-refractivity contribution in [2.45, 2.75) is 32.9 Å². The van der Waals surface area contributed by atoms with Crippen molar-refractivity contribution >= 4 is 17.8 Å². The van der Waals surface area contributed by atoms with Crippen molar-refractivity contribution < 1.29 is 14.0 Å². The maximum Gasteiger partial charge on any atom is 0.319 e. The second kappa shape index (κ2) is 8.97. The lowest BCUT2D eigenvalue weighted by atomic mass is 9.96. The minimum absolute atomic E-state index is 0.0922. The van der Waals surface area contributed by atoms with Crippen molar-refractivity contribution in [3.63, 3.8) is 0 Å². The molecule has 2 aromatic heterocycles. The van der Waals surface area contributed by atoms with E-state index in [0.717, 1.165) is 11.1 Å². The number of benzene rings is 1. The molecule has 1 aromatic carbocycles. The summed E-state index contributed by atoms with van der Waals surface area (Å²) in [5.41, 5.74) is 2.02. The highest BCUT2D eigenvalue weighted by Crippen LogP contribution is 2.25. The molecule has 172 valence electrons. The molecule has 3 heterocycles. The molecule has 0 bridgehead atoms. The Morgan fingerprint density at radius 2 is 1.97 bits per heavy atom. The average Bonchev–Trinajstić information content (AvgIpc) is 3.28. The SMILES string of the molecule is CC(C)n1cnnc1-c1cccc(NC(=O)c2cc3c(cc2F)CCN(C(=O)N(C)C)C3)n1. The lowest BCUT2D eigenvalue weighted by Crippen LogP contribution is -2.42. The van der Waals surface area contributed by atoms with E-state index in [1.54, 1.807) is 43.5 Å². The van der Waals surface area contributed by atoms with Crippen LogP contribution in [0.2, 0.25) is 0 Å². The second-order valence-corrected chi connectivity index (χ2v) is 8.47. The van der Waals surface area contributed by atoms with Crippen LogP contribution >= 0.6 is 0 Å². The molecule has 0 fully saturated rings. The van der Waals surface area contributed by atoms with Crippen LogP contribution in [-0.2, 0) is 13.0 Å². The van der Waals surface area contributed by atoms with Gasteiger partial charge in [-0.3, -0.25) is 4.79 Å². The van der Waals surface area contributed by atoms with Crippen LogP contribution in [0.15, 0.2) is 36.7 Å². The van der Waals surface area contributed by atoms with Crippen LogP contribution in [0.5, 0.6) is 0 Å². The minimum Gasteiger partial charge on any atom is -0.331 e. The number of rotatable bonds is 4. The van der Waals surface area contributed by atoms with Crippen molar-refractivity contribution in [1.29, 1.82) is 0 Å². The summed E-state index contributed by atoms with van der Waals surface area (Å²) in [6, 6.07) is 8.07. The molecule has 0 saturated heterocycles. The molecule has 0 atom stereocenters. The second-order valence-electron chi connectivity index (χ2n) is 8.47. The predicted molar refractivity (Wildman–Crippen MR) is 121 cm³/mol. The number of nitrogens with zero attached hydrogens (tertiary/aromatic N) is 6. The van der Waals surface area contributed by atoms with Crippen LogP contribution in [0.1, 0.15) is 41.4 Å². The third kappa shape index (κ3) is 4.55. The summed E-state index contributed by atoms with van der Waals surface area (Å²) in [7, 11) is 3.37. The molecule has 0 radical (unpaired) electrons. The zero-order valence-electron chi connectivity index (χ0n) is 19.0. The Kier molecular flexibility index (Phi) is 6.08. The quantitative estimate of drug-likeness (QED) is 0.656. The van der Waals surface area contributed by atoms with E-state index in [2.05, 4.69) is 20.5 Å². The van der Waals surface area contributed by atoms with Gasteiger partial charge >= 0.3 is 6.03 Å². The monoisotopic (exact) mass is 451 g/mol. The number of carbonyl (C=O) groups is 2. The zero-order chi connectivity index (χ0) is 23.7. The largest absolute Gasteiger partial charge is 0.331 e. The molecular weight excluding hydrogens is 425 g/mol. The van der Waals surface area contributed by atoms with Gasteiger partial charge in [0.2, 0.25) is 0 Å². The molecule has 33 heavy (non-hydrogen) atoms. The lowest BCUT2D eigenvalue weighted by Gasteiger charge is -2.31. The topological polar surface area (TPSA) is 96.2 Å². The number of nitrogens with one attached hydrogen (secondary N) is 1. The maximum absolute atomic E-state index is 14.8. The van der Waals surface area contributed by atoms with E-state index in [1.807, 2.05) is 18.4 Å². The normalized spacial score (nSPS) is 13.1. The molecule has 0 spiro atoms. The summed E-state index contributed by atoms with van der Waals surface area (Å²) < 4.78 is 16.6. The molecule has 0 aliphatic carbocycles. The van der Waals surface area contributed by atoms with Crippen molar-refractivity contribution in [3.8, 4) is 11.5 Å². The fraction of sp³-hybridized carbons (Fsp3) is 0.348. The Bertz CT molecular complexity index is 1210. The first-order chi connectivity index (χ1) is 15.7. The summed E-state index contributed by atoms with van der Waals surface area (Å²) in [5, 5.41) is 10.7.